The zero-order valence-electron chi connectivity index (χ0n) is 10.7. The summed E-state index contributed by atoms with van der Waals surface area (Å²) in [4.78, 5) is 2.64. The third-order valence-electron chi connectivity index (χ3n) is 4.68. The molecule has 1 aliphatic heterocycles. The van der Waals surface area contributed by atoms with E-state index in [1.165, 1.54) is 45.1 Å². The van der Waals surface area contributed by atoms with Crippen molar-refractivity contribution in [2.24, 2.45) is 5.92 Å². The Hall–Kier alpha value is -0.820. The minimum absolute atomic E-state index is 0.732. The Morgan fingerprint density at radius 2 is 2.29 bits per heavy atom. The molecule has 0 N–H and O–H groups in total. The molecule has 1 saturated heterocycles. The average molecular weight is 229 g/mol. The van der Waals surface area contributed by atoms with Gasteiger partial charge in [-0.3, -0.25) is 4.90 Å². The lowest BCUT2D eigenvalue weighted by Gasteiger charge is -2.43. The molecular weight excluding hydrogens is 206 g/mol. The van der Waals surface area contributed by atoms with Crippen molar-refractivity contribution in [3.05, 3.63) is 36.0 Å². The van der Waals surface area contributed by atoms with Gasteiger partial charge in [0.05, 0.1) is 0 Å². The quantitative estimate of drug-likeness (QED) is 0.653. The van der Waals surface area contributed by atoms with Gasteiger partial charge in [-0.2, -0.15) is 0 Å². The summed E-state index contributed by atoms with van der Waals surface area (Å²) in [5, 5.41) is 0. The van der Waals surface area contributed by atoms with E-state index in [1.807, 2.05) is 0 Å². The second kappa shape index (κ2) is 4.81. The van der Waals surface area contributed by atoms with Crippen LogP contribution in [0.1, 0.15) is 38.5 Å². The predicted molar refractivity (Wildman–Crippen MR) is 72.9 cm³/mol. The highest BCUT2D eigenvalue weighted by Crippen LogP contribution is 2.42. The molecule has 0 radical (unpaired) electrons. The molecule has 2 unspecified atom stereocenters. The van der Waals surface area contributed by atoms with Gasteiger partial charge in [0.15, 0.2) is 0 Å². The third-order valence-corrected chi connectivity index (χ3v) is 4.68. The Morgan fingerprint density at radius 3 is 3.18 bits per heavy atom. The molecule has 0 saturated carbocycles. The second-order valence-corrected chi connectivity index (χ2v) is 5.64. The zero-order chi connectivity index (χ0) is 11.7. The fourth-order valence-electron chi connectivity index (χ4n) is 3.92. The van der Waals surface area contributed by atoms with Crippen molar-refractivity contribution in [1.82, 2.24) is 4.90 Å². The summed E-state index contributed by atoms with van der Waals surface area (Å²) in [6.45, 7) is 6.23. The summed E-state index contributed by atoms with van der Waals surface area (Å²) in [6, 6.07) is 0.732. The van der Waals surface area contributed by atoms with E-state index in [0.29, 0.717) is 0 Å². The van der Waals surface area contributed by atoms with Gasteiger partial charge in [0.2, 0.25) is 0 Å². The van der Waals surface area contributed by atoms with Crippen LogP contribution in [0.2, 0.25) is 0 Å². The van der Waals surface area contributed by atoms with Gasteiger partial charge in [-0.1, -0.05) is 18.2 Å². The Bertz CT molecular complexity index is 364. The lowest BCUT2D eigenvalue weighted by Crippen LogP contribution is -2.44. The molecule has 3 aliphatic rings. The first-order chi connectivity index (χ1) is 8.40. The van der Waals surface area contributed by atoms with Gasteiger partial charge in [0, 0.05) is 12.6 Å². The number of rotatable bonds is 2. The van der Waals surface area contributed by atoms with Crippen LogP contribution >= 0.6 is 0 Å². The number of hydrogen-bond acceptors (Lipinski definition) is 1. The molecule has 1 nitrogen and oxygen atoms in total. The van der Waals surface area contributed by atoms with Crippen LogP contribution in [0.4, 0.5) is 0 Å². The normalized spacial score (nSPS) is 33.2. The first kappa shape index (κ1) is 11.3. The van der Waals surface area contributed by atoms with Crippen LogP contribution in [0.25, 0.3) is 0 Å². The Kier molecular flexibility index (Phi) is 3.19. The van der Waals surface area contributed by atoms with Gasteiger partial charge < -0.3 is 0 Å². The highest BCUT2D eigenvalue weighted by Gasteiger charge is 2.34. The van der Waals surface area contributed by atoms with Crippen LogP contribution in [-0.2, 0) is 0 Å². The lowest BCUT2D eigenvalue weighted by atomic mass is 9.73. The SMILES string of the molecule is C=CCN1CCCC2=C3C=CCCC3CCC21. The molecule has 2 atom stereocenters. The Morgan fingerprint density at radius 1 is 1.35 bits per heavy atom. The number of allylic oxidation sites excluding steroid dienone is 3. The molecule has 0 spiro atoms. The zero-order valence-corrected chi connectivity index (χ0v) is 10.7. The summed E-state index contributed by atoms with van der Waals surface area (Å²) in [5.74, 6) is 0.884. The molecule has 2 aliphatic carbocycles. The van der Waals surface area contributed by atoms with Crippen LogP contribution in [0.15, 0.2) is 36.0 Å². The summed E-state index contributed by atoms with van der Waals surface area (Å²) < 4.78 is 0. The summed E-state index contributed by atoms with van der Waals surface area (Å²) in [7, 11) is 0. The fraction of sp³-hybridized carbons (Fsp3) is 0.625. The van der Waals surface area contributed by atoms with E-state index in [4.69, 9.17) is 0 Å². The standard InChI is InChI=1S/C16H23N/c1-2-11-17-12-5-8-15-14-7-4-3-6-13(14)9-10-16(15)17/h2,4,7,13,16H,1,3,5-6,8-12H2. The van der Waals surface area contributed by atoms with Crippen molar-refractivity contribution in [3.63, 3.8) is 0 Å². The lowest BCUT2D eigenvalue weighted by molar-refractivity contribution is 0.181. The summed E-state index contributed by atoms with van der Waals surface area (Å²) in [6.07, 6.45) is 15.0. The first-order valence-electron chi connectivity index (χ1n) is 7.14. The number of likely N-dealkylation sites (tertiary alicyclic amines) is 1. The van der Waals surface area contributed by atoms with Crippen LogP contribution in [-0.4, -0.2) is 24.0 Å². The van der Waals surface area contributed by atoms with E-state index < -0.39 is 0 Å². The number of piperidine rings is 1. The largest absolute Gasteiger partial charge is 0.293 e. The second-order valence-electron chi connectivity index (χ2n) is 5.64. The molecule has 17 heavy (non-hydrogen) atoms. The highest BCUT2D eigenvalue weighted by atomic mass is 15.2. The van der Waals surface area contributed by atoms with E-state index >= 15 is 0 Å². The molecule has 0 bridgehead atoms. The number of nitrogens with zero attached hydrogens (tertiary/aromatic N) is 1. The fourth-order valence-corrected chi connectivity index (χ4v) is 3.92. The maximum atomic E-state index is 3.90. The van der Waals surface area contributed by atoms with Crippen molar-refractivity contribution in [1.29, 1.82) is 0 Å². The van der Waals surface area contributed by atoms with Crippen LogP contribution in [0.5, 0.6) is 0 Å². The van der Waals surface area contributed by atoms with Gasteiger partial charge in [0.1, 0.15) is 0 Å². The average Bonchev–Trinajstić information content (AvgIpc) is 2.39. The van der Waals surface area contributed by atoms with E-state index in [-0.39, 0.29) is 0 Å². The molecule has 0 aromatic carbocycles. The summed E-state index contributed by atoms with van der Waals surface area (Å²) in [5.41, 5.74) is 3.48. The third kappa shape index (κ3) is 2.01. The topological polar surface area (TPSA) is 3.24 Å². The Labute approximate surface area is 105 Å². The molecular formula is C16H23N. The van der Waals surface area contributed by atoms with Gasteiger partial charge >= 0.3 is 0 Å². The smallest absolute Gasteiger partial charge is 0.0316 e. The maximum absolute atomic E-state index is 3.90. The van der Waals surface area contributed by atoms with Crippen molar-refractivity contribution >= 4 is 0 Å². The van der Waals surface area contributed by atoms with Crippen molar-refractivity contribution in [3.8, 4) is 0 Å². The van der Waals surface area contributed by atoms with Gasteiger partial charge in [-0.25, -0.2) is 0 Å². The van der Waals surface area contributed by atoms with Crippen molar-refractivity contribution in [2.45, 2.75) is 44.6 Å². The summed E-state index contributed by atoms with van der Waals surface area (Å²) >= 11 is 0. The first-order valence-corrected chi connectivity index (χ1v) is 7.14. The van der Waals surface area contributed by atoms with Crippen molar-refractivity contribution in [2.75, 3.05) is 13.1 Å². The van der Waals surface area contributed by atoms with Crippen LogP contribution in [0, 0.1) is 5.92 Å². The number of hydrogen-bond donors (Lipinski definition) is 0. The number of fused-ring (bicyclic) bond motifs is 2. The van der Waals surface area contributed by atoms with E-state index in [2.05, 4.69) is 29.7 Å². The van der Waals surface area contributed by atoms with Crippen LogP contribution < -0.4 is 0 Å². The minimum Gasteiger partial charge on any atom is -0.293 e. The molecule has 1 heteroatoms. The maximum Gasteiger partial charge on any atom is 0.0316 e. The molecule has 0 amide bonds. The predicted octanol–water partition coefficient (Wildman–Crippen LogP) is 3.69. The minimum atomic E-state index is 0.732. The molecule has 92 valence electrons. The van der Waals surface area contributed by atoms with Gasteiger partial charge in [-0.15, -0.1) is 6.58 Å². The molecule has 1 fully saturated rings. The molecule has 0 aromatic heterocycles. The van der Waals surface area contributed by atoms with E-state index in [1.54, 1.807) is 11.1 Å². The van der Waals surface area contributed by atoms with Crippen molar-refractivity contribution < 1.29 is 0 Å². The van der Waals surface area contributed by atoms with E-state index in [9.17, 15) is 0 Å². The highest BCUT2D eigenvalue weighted by molar-refractivity contribution is 5.36. The monoisotopic (exact) mass is 229 g/mol. The van der Waals surface area contributed by atoms with Gasteiger partial charge in [0.25, 0.3) is 0 Å². The Balaban J connectivity index is 1.92. The molecule has 0 aromatic rings. The molecule has 3 rings (SSSR count). The van der Waals surface area contributed by atoms with E-state index in [0.717, 1.165) is 18.5 Å². The van der Waals surface area contributed by atoms with Crippen LogP contribution in [0.3, 0.4) is 0 Å². The van der Waals surface area contributed by atoms with Gasteiger partial charge in [-0.05, 0) is 62.1 Å². The molecule has 1 heterocycles.